The van der Waals surface area contributed by atoms with Crippen molar-refractivity contribution in [1.82, 2.24) is 9.97 Å². The Labute approximate surface area is 151 Å². The first-order valence-corrected chi connectivity index (χ1v) is 8.47. The van der Waals surface area contributed by atoms with Crippen LogP contribution in [0.25, 0.3) is 11.3 Å². The molecular weight excluding hydrogens is 326 g/mol. The summed E-state index contributed by atoms with van der Waals surface area (Å²) in [5.41, 5.74) is 16.4. The van der Waals surface area contributed by atoms with Gasteiger partial charge >= 0.3 is 0 Å². The van der Waals surface area contributed by atoms with E-state index in [9.17, 15) is 4.79 Å². The van der Waals surface area contributed by atoms with Gasteiger partial charge in [-0.25, -0.2) is 9.97 Å². The summed E-state index contributed by atoms with van der Waals surface area (Å²) >= 11 is 0. The molecule has 3 aromatic rings. The van der Waals surface area contributed by atoms with Crippen LogP contribution in [0.1, 0.15) is 17.2 Å². The molecule has 1 aliphatic rings. The predicted octanol–water partition coefficient (Wildman–Crippen LogP) is 2.31. The Morgan fingerprint density at radius 1 is 1.12 bits per heavy atom. The number of nitrogens with zero attached hydrogens (tertiary/aromatic N) is 3. The largest absolute Gasteiger partial charge is 0.368 e. The Morgan fingerprint density at radius 3 is 2.69 bits per heavy atom. The number of anilines is 2. The van der Waals surface area contributed by atoms with Crippen LogP contribution in [-0.2, 0) is 11.2 Å². The Hall–Kier alpha value is -3.25. The fraction of sp³-hybridized carbons (Fsp3) is 0.150. The smallest absolute Gasteiger partial charge is 0.248 e. The topological polar surface area (TPSA) is 98.1 Å². The Morgan fingerprint density at radius 2 is 1.92 bits per heavy atom. The molecular formula is C20H19N5O. The first kappa shape index (κ1) is 16.2. The maximum Gasteiger partial charge on any atom is 0.248 e. The minimum absolute atomic E-state index is 0.0889. The quantitative estimate of drug-likeness (QED) is 0.759. The Kier molecular flexibility index (Phi) is 4.10. The van der Waals surface area contributed by atoms with Gasteiger partial charge in [-0.3, -0.25) is 4.79 Å². The van der Waals surface area contributed by atoms with E-state index in [1.54, 1.807) is 11.1 Å². The van der Waals surface area contributed by atoms with Crippen LogP contribution in [0.3, 0.4) is 0 Å². The van der Waals surface area contributed by atoms with E-state index in [0.717, 1.165) is 34.5 Å². The molecule has 130 valence electrons. The summed E-state index contributed by atoms with van der Waals surface area (Å²) in [6.07, 6.45) is 2.43. The molecule has 0 spiro atoms. The maximum atomic E-state index is 12.9. The summed E-state index contributed by atoms with van der Waals surface area (Å²) in [5, 5.41) is 0. The van der Waals surface area contributed by atoms with Crippen LogP contribution in [0.15, 0.2) is 60.8 Å². The zero-order valence-electron chi connectivity index (χ0n) is 14.2. The number of fused-ring (bicyclic) bond motifs is 1. The summed E-state index contributed by atoms with van der Waals surface area (Å²) in [4.78, 5) is 22.8. The lowest BCUT2D eigenvalue weighted by Crippen LogP contribution is -2.37. The number of rotatable bonds is 3. The fourth-order valence-electron chi connectivity index (χ4n) is 3.30. The van der Waals surface area contributed by atoms with Crippen LogP contribution in [0.4, 0.5) is 11.6 Å². The van der Waals surface area contributed by atoms with Crippen molar-refractivity contribution in [1.29, 1.82) is 0 Å². The van der Waals surface area contributed by atoms with Crippen molar-refractivity contribution < 1.29 is 4.79 Å². The molecule has 0 saturated carbocycles. The van der Waals surface area contributed by atoms with Gasteiger partial charge in [0.15, 0.2) is 0 Å². The second kappa shape index (κ2) is 6.57. The predicted molar refractivity (Wildman–Crippen MR) is 101 cm³/mol. The third-order valence-electron chi connectivity index (χ3n) is 4.64. The van der Waals surface area contributed by atoms with Gasteiger partial charge in [-0.2, -0.15) is 0 Å². The molecule has 0 saturated heterocycles. The van der Waals surface area contributed by atoms with Crippen LogP contribution in [0.5, 0.6) is 0 Å². The molecule has 0 radical (unpaired) electrons. The van der Waals surface area contributed by atoms with E-state index in [1.165, 1.54) is 0 Å². The van der Waals surface area contributed by atoms with Crippen molar-refractivity contribution >= 4 is 17.5 Å². The molecule has 6 heteroatoms. The zero-order chi connectivity index (χ0) is 18.1. The van der Waals surface area contributed by atoms with Crippen molar-refractivity contribution in [2.75, 3.05) is 17.2 Å². The molecule has 4 N–H and O–H groups in total. The number of nitrogen functional groups attached to an aromatic ring is 1. The zero-order valence-corrected chi connectivity index (χ0v) is 14.2. The highest BCUT2D eigenvalue weighted by molar-refractivity contribution is 5.99. The number of amides is 1. The molecule has 1 atom stereocenters. The highest BCUT2D eigenvalue weighted by atomic mass is 16.2. The highest BCUT2D eigenvalue weighted by Crippen LogP contribution is 2.33. The molecule has 2 heterocycles. The van der Waals surface area contributed by atoms with Gasteiger partial charge < -0.3 is 16.4 Å². The second-order valence-corrected chi connectivity index (χ2v) is 6.27. The fourth-order valence-corrected chi connectivity index (χ4v) is 3.30. The molecule has 0 bridgehead atoms. The van der Waals surface area contributed by atoms with Gasteiger partial charge in [0.2, 0.25) is 11.9 Å². The normalized spacial score (nSPS) is 14.1. The number of carbonyl (C=O) groups is 1. The number of hydrogen-bond acceptors (Lipinski definition) is 5. The van der Waals surface area contributed by atoms with E-state index < -0.39 is 6.04 Å². The summed E-state index contributed by atoms with van der Waals surface area (Å²) in [5.74, 6) is 0.155. The molecule has 2 aromatic carbocycles. The van der Waals surface area contributed by atoms with Crippen LogP contribution in [0.2, 0.25) is 0 Å². The van der Waals surface area contributed by atoms with Gasteiger partial charge in [0, 0.05) is 24.0 Å². The van der Waals surface area contributed by atoms with Gasteiger partial charge in [-0.1, -0.05) is 36.4 Å². The molecule has 0 aliphatic carbocycles. The molecule has 26 heavy (non-hydrogen) atoms. The van der Waals surface area contributed by atoms with Crippen LogP contribution >= 0.6 is 0 Å². The minimum atomic E-state index is -0.663. The molecule has 0 fully saturated rings. The van der Waals surface area contributed by atoms with Gasteiger partial charge in [0.1, 0.15) is 6.04 Å². The van der Waals surface area contributed by atoms with Crippen molar-refractivity contribution in [3.05, 3.63) is 71.9 Å². The van der Waals surface area contributed by atoms with Gasteiger partial charge in [0.25, 0.3) is 0 Å². The number of aromatic nitrogens is 2. The van der Waals surface area contributed by atoms with Crippen molar-refractivity contribution in [2.45, 2.75) is 12.5 Å². The van der Waals surface area contributed by atoms with E-state index in [4.69, 9.17) is 11.5 Å². The van der Waals surface area contributed by atoms with Gasteiger partial charge in [-0.15, -0.1) is 0 Å². The molecule has 6 nitrogen and oxygen atoms in total. The lowest BCUT2D eigenvalue weighted by molar-refractivity contribution is -0.119. The first-order chi connectivity index (χ1) is 12.6. The van der Waals surface area contributed by atoms with Crippen molar-refractivity contribution in [3.63, 3.8) is 0 Å². The number of carbonyl (C=O) groups excluding carboxylic acids is 1. The maximum absolute atomic E-state index is 12.9. The van der Waals surface area contributed by atoms with Crippen LogP contribution in [-0.4, -0.2) is 22.4 Å². The highest BCUT2D eigenvalue weighted by Gasteiger charge is 2.29. The Balaban J connectivity index is 1.61. The average molecular weight is 345 g/mol. The minimum Gasteiger partial charge on any atom is -0.368 e. The third kappa shape index (κ3) is 2.91. The number of hydrogen-bond donors (Lipinski definition) is 2. The standard InChI is InChI=1S/C20H19N5O/c21-18(13-4-2-1-3-5-13)19(26)25-11-9-15-12-14(6-7-17(15)25)16-8-10-23-20(22)24-16/h1-8,10,12,18H,9,11,21H2,(H2,22,23,24)/t18-/m1/s1. The van der Waals surface area contributed by atoms with E-state index in [2.05, 4.69) is 16.0 Å². The lowest BCUT2D eigenvalue weighted by atomic mass is 10.0. The van der Waals surface area contributed by atoms with E-state index >= 15 is 0 Å². The van der Waals surface area contributed by atoms with E-state index in [-0.39, 0.29) is 11.9 Å². The van der Waals surface area contributed by atoms with E-state index in [1.807, 2.05) is 48.5 Å². The summed E-state index contributed by atoms with van der Waals surface area (Å²) in [6.45, 7) is 0.629. The number of nitrogens with two attached hydrogens (primary N) is 2. The second-order valence-electron chi connectivity index (χ2n) is 6.27. The van der Waals surface area contributed by atoms with Crippen LogP contribution < -0.4 is 16.4 Å². The summed E-state index contributed by atoms with van der Waals surface area (Å²) in [6, 6.07) is 16.5. The van der Waals surface area contributed by atoms with E-state index in [0.29, 0.717) is 6.54 Å². The monoisotopic (exact) mass is 345 g/mol. The Bertz CT molecular complexity index is 957. The lowest BCUT2D eigenvalue weighted by Gasteiger charge is -2.22. The molecule has 1 amide bonds. The summed E-state index contributed by atoms with van der Waals surface area (Å²) in [7, 11) is 0. The van der Waals surface area contributed by atoms with Crippen molar-refractivity contribution in [3.8, 4) is 11.3 Å². The molecule has 1 aromatic heterocycles. The number of benzene rings is 2. The molecule has 1 aliphatic heterocycles. The average Bonchev–Trinajstić information content (AvgIpc) is 3.10. The van der Waals surface area contributed by atoms with Crippen molar-refractivity contribution in [2.24, 2.45) is 5.73 Å². The SMILES string of the molecule is Nc1nccc(-c2ccc3c(c2)CCN3C(=O)[C@H](N)c2ccccc2)n1. The first-order valence-electron chi connectivity index (χ1n) is 8.47. The molecule has 4 rings (SSSR count). The van der Waals surface area contributed by atoms with Crippen LogP contribution in [0, 0.1) is 0 Å². The van der Waals surface area contributed by atoms with Gasteiger partial charge in [-0.05, 0) is 35.7 Å². The summed E-state index contributed by atoms with van der Waals surface area (Å²) < 4.78 is 0. The third-order valence-corrected chi connectivity index (χ3v) is 4.64. The molecule has 0 unspecified atom stereocenters. The van der Waals surface area contributed by atoms with Gasteiger partial charge in [0.05, 0.1) is 5.69 Å².